The maximum absolute atomic E-state index is 5.91. The van der Waals surface area contributed by atoms with Crippen LogP contribution in [0, 0.1) is 5.92 Å². The van der Waals surface area contributed by atoms with E-state index in [0.717, 1.165) is 12.5 Å². The molecule has 1 saturated heterocycles. The van der Waals surface area contributed by atoms with Crippen LogP contribution in [-0.2, 0) is 4.74 Å². The summed E-state index contributed by atoms with van der Waals surface area (Å²) in [5.74, 6) is 0.720. The molecule has 3 atom stereocenters. The Hall–Kier alpha value is -1.02. The van der Waals surface area contributed by atoms with Crippen LogP contribution in [0.3, 0.4) is 0 Å². The summed E-state index contributed by atoms with van der Waals surface area (Å²) in [7, 11) is 0. The second kappa shape index (κ2) is 5.09. The molecule has 1 N–H and O–H groups in total. The van der Waals surface area contributed by atoms with Gasteiger partial charge in [-0.1, -0.05) is 18.2 Å². The summed E-state index contributed by atoms with van der Waals surface area (Å²) in [4.78, 5) is 0. The molecule has 2 nitrogen and oxygen atoms in total. The van der Waals surface area contributed by atoms with E-state index < -0.39 is 0 Å². The van der Waals surface area contributed by atoms with Crippen molar-refractivity contribution in [3.8, 4) is 0 Å². The Morgan fingerprint density at radius 3 is 2.76 bits per heavy atom. The van der Waals surface area contributed by atoms with E-state index in [1.807, 2.05) is 0 Å². The van der Waals surface area contributed by atoms with E-state index in [2.05, 4.69) is 35.6 Å². The molecule has 2 heteroatoms. The zero-order valence-corrected chi connectivity index (χ0v) is 10.3. The van der Waals surface area contributed by atoms with Gasteiger partial charge in [0.2, 0.25) is 0 Å². The van der Waals surface area contributed by atoms with E-state index in [1.165, 1.54) is 37.8 Å². The molecule has 0 amide bonds. The lowest BCUT2D eigenvalue weighted by molar-refractivity contribution is -0.0511. The number of fused-ring (bicyclic) bond motifs is 1. The minimum Gasteiger partial charge on any atom is -0.382 e. The van der Waals surface area contributed by atoms with Gasteiger partial charge in [-0.25, -0.2) is 0 Å². The van der Waals surface area contributed by atoms with Gasteiger partial charge in [-0.2, -0.15) is 0 Å². The third-order valence-corrected chi connectivity index (χ3v) is 4.14. The highest BCUT2D eigenvalue weighted by Crippen LogP contribution is 2.35. The average Bonchev–Trinajstić information content (AvgIpc) is 2.40. The molecule has 92 valence electrons. The van der Waals surface area contributed by atoms with Crippen molar-refractivity contribution in [2.24, 2.45) is 5.92 Å². The zero-order valence-electron chi connectivity index (χ0n) is 10.3. The lowest BCUT2D eigenvalue weighted by Gasteiger charge is -2.41. The van der Waals surface area contributed by atoms with E-state index in [1.54, 1.807) is 0 Å². The number of ether oxygens (including phenoxy) is 1. The minimum atomic E-state index is 0.513. The van der Waals surface area contributed by atoms with Gasteiger partial charge >= 0.3 is 0 Å². The van der Waals surface area contributed by atoms with Gasteiger partial charge in [0, 0.05) is 24.3 Å². The van der Waals surface area contributed by atoms with Crippen molar-refractivity contribution in [3.05, 3.63) is 30.3 Å². The highest BCUT2D eigenvalue weighted by Gasteiger charge is 2.35. The molecule has 1 saturated carbocycles. The van der Waals surface area contributed by atoms with Crippen molar-refractivity contribution in [2.45, 2.75) is 44.2 Å². The van der Waals surface area contributed by atoms with Crippen LogP contribution in [0.15, 0.2) is 30.3 Å². The van der Waals surface area contributed by atoms with Crippen LogP contribution in [0.1, 0.15) is 32.1 Å². The fourth-order valence-corrected chi connectivity index (χ4v) is 3.30. The van der Waals surface area contributed by atoms with Crippen LogP contribution in [0.4, 0.5) is 5.69 Å². The number of rotatable bonds is 2. The summed E-state index contributed by atoms with van der Waals surface area (Å²) in [5, 5.41) is 3.70. The highest BCUT2D eigenvalue weighted by molar-refractivity contribution is 5.43. The summed E-state index contributed by atoms with van der Waals surface area (Å²) in [5.41, 5.74) is 1.25. The Bertz CT molecular complexity index is 349. The molecular weight excluding hydrogens is 210 g/mol. The molecule has 1 heterocycles. The van der Waals surface area contributed by atoms with Gasteiger partial charge in [-0.05, 0) is 44.2 Å². The van der Waals surface area contributed by atoms with Gasteiger partial charge in [0.15, 0.2) is 0 Å². The second-order valence-electron chi connectivity index (χ2n) is 5.26. The van der Waals surface area contributed by atoms with Gasteiger partial charge in [-0.3, -0.25) is 0 Å². The summed E-state index contributed by atoms with van der Waals surface area (Å²) in [6.45, 7) is 0.971. The van der Waals surface area contributed by atoms with Gasteiger partial charge in [0.1, 0.15) is 0 Å². The number of anilines is 1. The number of nitrogens with one attached hydrogen (secondary N) is 1. The first-order valence-electron chi connectivity index (χ1n) is 6.87. The number of para-hydroxylation sites is 1. The Balaban J connectivity index is 1.69. The quantitative estimate of drug-likeness (QED) is 0.841. The van der Waals surface area contributed by atoms with Crippen LogP contribution in [0.5, 0.6) is 0 Å². The van der Waals surface area contributed by atoms with E-state index in [4.69, 9.17) is 4.74 Å². The first-order valence-corrected chi connectivity index (χ1v) is 6.87. The van der Waals surface area contributed by atoms with Crippen LogP contribution in [0.2, 0.25) is 0 Å². The first-order chi connectivity index (χ1) is 8.43. The van der Waals surface area contributed by atoms with Crippen molar-refractivity contribution < 1.29 is 4.74 Å². The van der Waals surface area contributed by atoms with Crippen LogP contribution < -0.4 is 5.32 Å². The summed E-state index contributed by atoms with van der Waals surface area (Å²) >= 11 is 0. The zero-order chi connectivity index (χ0) is 11.5. The van der Waals surface area contributed by atoms with Crippen molar-refractivity contribution >= 4 is 5.69 Å². The first kappa shape index (κ1) is 11.1. The third-order valence-electron chi connectivity index (χ3n) is 4.14. The molecule has 0 radical (unpaired) electrons. The molecule has 2 aliphatic rings. The molecule has 3 rings (SSSR count). The Labute approximate surface area is 103 Å². The second-order valence-corrected chi connectivity index (χ2v) is 5.26. The average molecular weight is 231 g/mol. The maximum atomic E-state index is 5.91. The Kier molecular flexibility index (Phi) is 3.32. The van der Waals surface area contributed by atoms with Gasteiger partial charge < -0.3 is 10.1 Å². The molecule has 1 aliphatic heterocycles. The number of hydrogen-bond acceptors (Lipinski definition) is 2. The van der Waals surface area contributed by atoms with Crippen LogP contribution in [-0.4, -0.2) is 18.8 Å². The fourth-order valence-electron chi connectivity index (χ4n) is 3.30. The molecule has 0 spiro atoms. The van der Waals surface area contributed by atoms with Gasteiger partial charge in [0.25, 0.3) is 0 Å². The molecular formula is C15H21NO. The Morgan fingerprint density at radius 2 is 1.88 bits per heavy atom. The van der Waals surface area contributed by atoms with Crippen molar-refractivity contribution in [1.29, 1.82) is 0 Å². The fraction of sp³-hybridized carbons (Fsp3) is 0.600. The van der Waals surface area contributed by atoms with Gasteiger partial charge in [-0.15, -0.1) is 0 Å². The molecule has 17 heavy (non-hydrogen) atoms. The molecule has 1 unspecified atom stereocenters. The molecule has 2 fully saturated rings. The number of hydrogen-bond donors (Lipinski definition) is 1. The third kappa shape index (κ3) is 2.47. The van der Waals surface area contributed by atoms with Gasteiger partial charge in [0.05, 0.1) is 6.10 Å². The van der Waals surface area contributed by atoms with E-state index in [-0.39, 0.29) is 0 Å². The Morgan fingerprint density at radius 1 is 1.00 bits per heavy atom. The normalized spacial score (nSPS) is 32.8. The summed E-state index contributed by atoms with van der Waals surface area (Å²) < 4.78 is 5.91. The predicted molar refractivity (Wildman–Crippen MR) is 70.2 cm³/mol. The van der Waals surface area contributed by atoms with E-state index >= 15 is 0 Å². The minimum absolute atomic E-state index is 0.513. The largest absolute Gasteiger partial charge is 0.382 e. The van der Waals surface area contributed by atoms with Crippen LogP contribution in [0.25, 0.3) is 0 Å². The monoisotopic (exact) mass is 231 g/mol. The molecule has 0 aromatic heterocycles. The van der Waals surface area contributed by atoms with Crippen molar-refractivity contribution in [3.63, 3.8) is 0 Å². The van der Waals surface area contributed by atoms with E-state index in [9.17, 15) is 0 Å². The summed E-state index contributed by atoms with van der Waals surface area (Å²) in [6.07, 6.45) is 6.92. The topological polar surface area (TPSA) is 21.3 Å². The number of benzene rings is 1. The lowest BCUT2D eigenvalue weighted by atomic mass is 9.78. The summed E-state index contributed by atoms with van der Waals surface area (Å²) in [6, 6.07) is 11.2. The van der Waals surface area contributed by atoms with Crippen molar-refractivity contribution in [1.82, 2.24) is 0 Å². The van der Waals surface area contributed by atoms with Crippen molar-refractivity contribution in [2.75, 3.05) is 11.9 Å². The standard InChI is InChI=1S/C15H21NO/c1-2-6-12(7-3-1)16-14-9-4-10-15-13(14)8-5-11-17-15/h1-3,6-7,13-16H,4-5,8-11H2/t13?,14-,15-/m1/s1. The smallest absolute Gasteiger partial charge is 0.0622 e. The lowest BCUT2D eigenvalue weighted by Crippen LogP contribution is -2.44. The highest BCUT2D eigenvalue weighted by atomic mass is 16.5. The SMILES string of the molecule is c1ccc(N[C@@H]2CCC[C@H]3OCCCC23)cc1. The van der Waals surface area contributed by atoms with E-state index in [0.29, 0.717) is 12.1 Å². The van der Waals surface area contributed by atoms with Crippen LogP contribution >= 0.6 is 0 Å². The molecule has 1 aliphatic carbocycles. The molecule has 0 bridgehead atoms. The molecule has 1 aromatic rings. The molecule has 1 aromatic carbocycles. The predicted octanol–water partition coefficient (Wildman–Crippen LogP) is 3.45. The maximum Gasteiger partial charge on any atom is 0.0622 e.